The zero-order valence-electron chi connectivity index (χ0n) is 16.6. The first-order chi connectivity index (χ1) is 13.6. The summed E-state index contributed by atoms with van der Waals surface area (Å²) < 4.78 is 0. The number of carbonyl (C=O) groups excluding carboxylic acids is 1. The van der Waals surface area contributed by atoms with Crippen LogP contribution in [0.4, 0.5) is 5.69 Å². The van der Waals surface area contributed by atoms with Gasteiger partial charge in [-0.1, -0.05) is 48.5 Å². The average molecular weight is 380 g/mol. The molecule has 1 amide bonds. The average Bonchev–Trinajstić information content (AvgIpc) is 3.05. The quantitative estimate of drug-likeness (QED) is 0.533. The largest absolute Gasteiger partial charge is 0.352 e. The van der Waals surface area contributed by atoms with Crippen LogP contribution in [0.5, 0.6) is 0 Å². The normalized spacial score (nSPS) is 20.0. The molecule has 3 N–H and O–H groups in total. The Bertz CT molecular complexity index is 778. The van der Waals surface area contributed by atoms with E-state index in [1.54, 1.807) is 7.05 Å². The molecule has 1 heterocycles. The first kappa shape index (κ1) is 19.9. The van der Waals surface area contributed by atoms with Gasteiger partial charge in [0.15, 0.2) is 5.96 Å². The fraction of sp³-hybridized carbons (Fsp3) is 0.364. The second-order valence-corrected chi connectivity index (χ2v) is 7.18. The molecule has 6 heteroatoms. The fourth-order valence-corrected chi connectivity index (χ4v) is 3.52. The van der Waals surface area contributed by atoms with Crippen molar-refractivity contribution in [1.29, 1.82) is 0 Å². The van der Waals surface area contributed by atoms with Crippen LogP contribution >= 0.6 is 0 Å². The zero-order chi connectivity index (χ0) is 19.8. The molecule has 2 aromatic rings. The van der Waals surface area contributed by atoms with E-state index in [0.717, 1.165) is 25.2 Å². The molecule has 0 spiro atoms. The molecule has 1 aliphatic rings. The number of amides is 1. The number of aliphatic imine (C=N–C) groups is 1. The van der Waals surface area contributed by atoms with E-state index in [1.165, 1.54) is 5.56 Å². The van der Waals surface area contributed by atoms with Crippen LogP contribution in [-0.4, -0.2) is 49.0 Å². The Morgan fingerprint density at radius 3 is 2.46 bits per heavy atom. The summed E-state index contributed by atoms with van der Waals surface area (Å²) in [7, 11) is 1.73. The predicted molar refractivity (Wildman–Crippen MR) is 114 cm³/mol. The van der Waals surface area contributed by atoms with Crippen molar-refractivity contribution in [3.63, 3.8) is 0 Å². The van der Waals surface area contributed by atoms with Gasteiger partial charge in [-0.25, -0.2) is 0 Å². The van der Waals surface area contributed by atoms with Crippen molar-refractivity contribution in [2.45, 2.75) is 32.0 Å². The van der Waals surface area contributed by atoms with Gasteiger partial charge in [0, 0.05) is 37.9 Å². The maximum absolute atomic E-state index is 12.1. The maximum Gasteiger partial charge on any atom is 0.243 e. The molecule has 0 aromatic heterocycles. The van der Waals surface area contributed by atoms with Crippen LogP contribution in [0.3, 0.4) is 0 Å². The summed E-state index contributed by atoms with van der Waals surface area (Å²) in [6.07, 6.45) is 1.05. The summed E-state index contributed by atoms with van der Waals surface area (Å²) in [5.74, 6) is 0.557. The summed E-state index contributed by atoms with van der Waals surface area (Å²) in [5, 5.41) is 9.42. The van der Waals surface area contributed by atoms with E-state index in [4.69, 9.17) is 0 Å². The van der Waals surface area contributed by atoms with Crippen LogP contribution in [-0.2, 0) is 11.3 Å². The smallest absolute Gasteiger partial charge is 0.243 e. The molecular formula is C22H29N5O. The molecule has 1 aliphatic heterocycles. The van der Waals surface area contributed by atoms with Crippen LogP contribution in [0.2, 0.25) is 0 Å². The second-order valence-electron chi connectivity index (χ2n) is 7.18. The van der Waals surface area contributed by atoms with E-state index < -0.39 is 0 Å². The van der Waals surface area contributed by atoms with Crippen molar-refractivity contribution in [1.82, 2.24) is 15.5 Å². The Labute approximate surface area is 167 Å². The number of nitrogens with zero attached hydrogens (tertiary/aromatic N) is 2. The van der Waals surface area contributed by atoms with Crippen molar-refractivity contribution >= 4 is 17.6 Å². The zero-order valence-corrected chi connectivity index (χ0v) is 16.6. The summed E-state index contributed by atoms with van der Waals surface area (Å²) in [6, 6.07) is 20.8. The minimum absolute atomic E-state index is 0.0976. The Morgan fingerprint density at radius 2 is 1.79 bits per heavy atom. The third-order valence-electron chi connectivity index (χ3n) is 4.97. The number of nitrogens with one attached hydrogen (secondary N) is 3. The lowest BCUT2D eigenvalue weighted by molar-refractivity contribution is -0.115. The highest BCUT2D eigenvalue weighted by atomic mass is 16.1. The van der Waals surface area contributed by atoms with Crippen molar-refractivity contribution in [2.75, 3.05) is 25.5 Å². The number of anilines is 1. The van der Waals surface area contributed by atoms with Gasteiger partial charge >= 0.3 is 0 Å². The number of hydrogen-bond donors (Lipinski definition) is 3. The topological polar surface area (TPSA) is 68.8 Å². The number of guanidine groups is 1. The second kappa shape index (κ2) is 9.90. The summed E-state index contributed by atoms with van der Waals surface area (Å²) in [6.45, 7) is 4.33. The van der Waals surface area contributed by atoms with E-state index in [2.05, 4.69) is 57.0 Å². The summed E-state index contributed by atoms with van der Waals surface area (Å²) >= 11 is 0. The molecule has 148 valence electrons. The molecule has 1 saturated heterocycles. The van der Waals surface area contributed by atoms with Crippen LogP contribution in [0.25, 0.3) is 0 Å². The van der Waals surface area contributed by atoms with E-state index in [9.17, 15) is 4.79 Å². The van der Waals surface area contributed by atoms with Crippen LogP contribution in [0.15, 0.2) is 65.7 Å². The van der Waals surface area contributed by atoms with Crippen LogP contribution in [0, 0.1) is 0 Å². The lowest BCUT2D eigenvalue weighted by Gasteiger charge is -2.21. The number of benzene rings is 2. The number of para-hydroxylation sites is 1. The molecule has 3 rings (SSSR count). The lowest BCUT2D eigenvalue weighted by Crippen LogP contribution is -2.46. The van der Waals surface area contributed by atoms with Gasteiger partial charge in [0.25, 0.3) is 0 Å². The molecular weight excluding hydrogens is 350 g/mol. The molecule has 2 atom stereocenters. The Balaban J connectivity index is 1.45. The lowest BCUT2D eigenvalue weighted by atomic mass is 10.2. The van der Waals surface area contributed by atoms with Gasteiger partial charge in [-0.2, -0.15) is 0 Å². The van der Waals surface area contributed by atoms with Gasteiger partial charge < -0.3 is 16.0 Å². The van der Waals surface area contributed by atoms with Gasteiger partial charge in [-0.05, 0) is 31.0 Å². The minimum Gasteiger partial charge on any atom is -0.352 e. The molecule has 1 fully saturated rings. The fourth-order valence-electron chi connectivity index (χ4n) is 3.52. The van der Waals surface area contributed by atoms with Crippen LogP contribution in [0.1, 0.15) is 18.9 Å². The first-order valence-corrected chi connectivity index (χ1v) is 9.74. The minimum atomic E-state index is -0.0976. The van der Waals surface area contributed by atoms with Crippen LogP contribution < -0.4 is 16.0 Å². The molecule has 0 saturated carbocycles. The van der Waals surface area contributed by atoms with Crippen molar-refractivity contribution in [2.24, 2.45) is 4.99 Å². The van der Waals surface area contributed by atoms with E-state index >= 15 is 0 Å². The third-order valence-corrected chi connectivity index (χ3v) is 4.97. The van der Waals surface area contributed by atoms with E-state index in [0.29, 0.717) is 18.0 Å². The van der Waals surface area contributed by atoms with Gasteiger partial charge in [-0.15, -0.1) is 0 Å². The van der Waals surface area contributed by atoms with Crippen molar-refractivity contribution in [3.8, 4) is 0 Å². The van der Waals surface area contributed by atoms with Crippen molar-refractivity contribution < 1.29 is 4.79 Å². The maximum atomic E-state index is 12.1. The SMILES string of the molecule is CN=C(NCC(=O)Nc1ccccc1)NC1CC(C)N(Cc2ccccc2)C1. The number of carbonyl (C=O) groups is 1. The standard InChI is InChI=1S/C22H29N5O/c1-17-13-20(16-27(17)15-18-9-5-3-6-10-18)26-22(23-2)24-14-21(28)25-19-11-7-4-8-12-19/h3-12,17,20H,13-16H2,1-2H3,(H,25,28)(H2,23,24,26). The molecule has 2 aromatic carbocycles. The predicted octanol–water partition coefficient (Wildman–Crippen LogP) is 2.45. The number of likely N-dealkylation sites (tertiary alicyclic amines) is 1. The highest BCUT2D eigenvalue weighted by Crippen LogP contribution is 2.20. The highest BCUT2D eigenvalue weighted by Gasteiger charge is 2.29. The number of rotatable bonds is 6. The van der Waals surface area contributed by atoms with Gasteiger partial charge in [0.1, 0.15) is 0 Å². The Kier molecular flexibility index (Phi) is 7.03. The molecule has 0 radical (unpaired) electrons. The summed E-state index contributed by atoms with van der Waals surface area (Å²) in [4.78, 5) is 18.8. The first-order valence-electron chi connectivity index (χ1n) is 9.74. The monoisotopic (exact) mass is 379 g/mol. The molecule has 0 aliphatic carbocycles. The summed E-state index contributed by atoms with van der Waals surface area (Å²) in [5.41, 5.74) is 2.12. The third kappa shape index (κ3) is 5.82. The molecule has 6 nitrogen and oxygen atoms in total. The molecule has 0 bridgehead atoms. The van der Waals surface area contributed by atoms with Gasteiger partial charge in [0.05, 0.1) is 6.54 Å². The molecule has 2 unspecified atom stereocenters. The van der Waals surface area contributed by atoms with Gasteiger partial charge in [-0.3, -0.25) is 14.7 Å². The van der Waals surface area contributed by atoms with E-state index in [-0.39, 0.29) is 12.5 Å². The Hall–Kier alpha value is -2.86. The van der Waals surface area contributed by atoms with E-state index in [1.807, 2.05) is 36.4 Å². The highest BCUT2D eigenvalue weighted by molar-refractivity contribution is 5.95. The Morgan fingerprint density at radius 1 is 1.11 bits per heavy atom. The molecule has 28 heavy (non-hydrogen) atoms. The number of hydrogen-bond acceptors (Lipinski definition) is 3. The van der Waals surface area contributed by atoms with Gasteiger partial charge in [0.2, 0.25) is 5.91 Å². The van der Waals surface area contributed by atoms with Crippen molar-refractivity contribution in [3.05, 3.63) is 66.2 Å².